The van der Waals surface area contributed by atoms with E-state index in [-0.39, 0.29) is 5.56 Å². The fourth-order valence-corrected chi connectivity index (χ4v) is 4.56. The van der Waals surface area contributed by atoms with Gasteiger partial charge in [0.15, 0.2) is 5.65 Å². The lowest BCUT2D eigenvalue weighted by atomic mass is 10.1. The van der Waals surface area contributed by atoms with Crippen LogP contribution < -0.4 is 11.3 Å². The lowest BCUT2D eigenvalue weighted by Crippen LogP contribution is -2.25. The van der Waals surface area contributed by atoms with Crippen LogP contribution >= 0.6 is 0 Å². The van der Waals surface area contributed by atoms with Gasteiger partial charge in [-0.05, 0) is 61.3 Å². The predicted molar refractivity (Wildman–Crippen MR) is 137 cm³/mol. The van der Waals surface area contributed by atoms with Crippen molar-refractivity contribution in [3.63, 3.8) is 0 Å². The van der Waals surface area contributed by atoms with Gasteiger partial charge in [0, 0.05) is 11.6 Å². The summed E-state index contributed by atoms with van der Waals surface area (Å²) in [5.41, 5.74) is 10.9. The number of hydrogen-bond acceptors (Lipinski definition) is 5. The maximum atomic E-state index is 13.9. The maximum absolute atomic E-state index is 13.9. The van der Waals surface area contributed by atoms with Gasteiger partial charge in [0.1, 0.15) is 17.8 Å². The minimum Gasteiger partial charge on any atom is -0.383 e. The third kappa shape index (κ3) is 3.64. The molecule has 172 valence electrons. The highest BCUT2D eigenvalue weighted by Gasteiger charge is 2.21. The van der Waals surface area contributed by atoms with Crippen LogP contribution in [0.25, 0.3) is 27.5 Å². The summed E-state index contributed by atoms with van der Waals surface area (Å²) in [5.74, 6) is 7.23. The number of nitrogens with zero attached hydrogens (tertiary/aromatic N) is 5. The quantitative estimate of drug-likeness (QED) is 0.409. The molecule has 2 N–H and O–H groups in total. The molecule has 0 saturated heterocycles. The van der Waals surface area contributed by atoms with Gasteiger partial charge in [-0.25, -0.2) is 14.6 Å². The Morgan fingerprint density at radius 3 is 2.63 bits per heavy atom. The van der Waals surface area contributed by atoms with E-state index in [2.05, 4.69) is 27.9 Å². The molecular formula is C28H24N6O. The Bertz CT molecular complexity index is 1750. The summed E-state index contributed by atoms with van der Waals surface area (Å²) in [6.07, 6.45) is 3.68. The fraction of sp³-hybridized carbons (Fsp3) is 0.214. The topological polar surface area (TPSA) is 91.6 Å². The number of nitrogens with two attached hydrogens (primary N) is 1. The van der Waals surface area contributed by atoms with Gasteiger partial charge in [0.25, 0.3) is 5.56 Å². The van der Waals surface area contributed by atoms with Gasteiger partial charge in [-0.2, -0.15) is 5.10 Å². The molecule has 0 amide bonds. The van der Waals surface area contributed by atoms with E-state index in [1.807, 2.05) is 56.3 Å². The molecular weight excluding hydrogens is 436 g/mol. The third-order valence-electron chi connectivity index (χ3n) is 6.53. The van der Waals surface area contributed by atoms with E-state index in [1.54, 1.807) is 9.25 Å². The molecule has 0 unspecified atom stereocenters. The lowest BCUT2D eigenvalue weighted by Gasteiger charge is -2.17. The average molecular weight is 461 g/mol. The molecule has 1 aliphatic rings. The molecule has 0 atom stereocenters. The highest BCUT2D eigenvalue weighted by Crippen LogP contribution is 2.29. The molecule has 3 heterocycles. The van der Waals surface area contributed by atoms with E-state index < -0.39 is 0 Å². The first-order valence-electron chi connectivity index (χ1n) is 11.7. The maximum Gasteiger partial charge on any atom is 0.263 e. The Balaban J connectivity index is 1.60. The van der Waals surface area contributed by atoms with Gasteiger partial charge < -0.3 is 5.73 Å². The molecule has 7 nitrogen and oxygen atoms in total. The molecule has 1 fully saturated rings. The van der Waals surface area contributed by atoms with E-state index >= 15 is 0 Å². The highest BCUT2D eigenvalue weighted by atomic mass is 16.1. The van der Waals surface area contributed by atoms with Gasteiger partial charge in [0.2, 0.25) is 0 Å². The van der Waals surface area contributed by atoms with Gasteiger partial charge in [-0.3, -0.25) is 9.36 Å². The minimum atomic E-state index is -0.0516. The summed E-state index contributed by atoms with van der Waals surface area (Å²) in [6, 6.07) is 15.9. The second-order valence-corrected chi connectivity index (χ2v) is 9.11. The zero-order chi connectivity index (χ0) is 24.1. The zero-order valence-electron chi connectivity index (χ0n) is 19.6. The van der Waals surface area contributed by atoms with Gasteiger partial charge in [-0.15, -0.1) is 0 Å². The van der Waals surface area contributed by atoms with E-state index in [1.165, 1.54) is 6.33 Å². The van der Waals surface area contributed by atoms with Crippen molar-refractivity contribution in [2.24, 2.45) is 5.92 Å². The monoisotopic (exact) mass is 460 g/mol. The Morgan fingerprint density at radius 1 is 1.03 bits per heavy atom. The Morgan fingerprint density at radius 2 is 1.83 bits per heavy atom. The van der Waals surface area contributed by atoms with E-state index in [0.717, 1.165) is 40.7 Å². The predicted octanol–water partition coefficient (Wildman–Crippen LogP) is 4.14. The van der Waals surface area contributed by atoms with Crippen molar-refractivity contribution in [1.29, 1.82) is 0 Å². The van der Waals surface area contributed by atoms with Crippen LogP contribution in [0, 0.1) is 31.6 Å². The van der Waals surface area contributed by atoms with Crippen LogP contribution in [-0.4, -0.2) is 24.3 Å². The van der Waals surface area contributed by atoms with Crippen LogP contribution in [0.2, 0.25) is 0 Å². The second-order valence-electron chi connectivity index (χ2n) is 9.11. The molecule has 7 heteroatoms. The molecule has 0 spiro atoms. The summed E-state index contributed by atoms with van der Waals surface area (Å²) in [4.78, 5) is 22.5. The summed E-state index contributed by atoms with van der Waals surface area (Å²) >= 11 is 0. The number of pyridine rings is 1. The number of benzene rings is 2. The van der Waals surface area contributed by atoms with Crippen molar-refractivity contribution in [1.82, 2.24) is 24.3 Å². The van der Waals surface area contributed by atoms with Crippen LogP contribution in [0.4, 0.5) is 5.82 Å². The third-order valence-corrected chi connectivity index (χ3v) is 6.53. The molecule has 5 aromatic rings. The molecule has 0 aliphatic heterocycles. The van der Waals surface area contributed by atoms with Crippen molar-refractivity contribution in [2.75, 3.05) is 5.73 Å². The van der Waals surface area contributed by atoms with Crippen molar-refractivity contribution >= 4 is 27.6 Å². The van der Waals surface area contributed by atoms with Crippen molar-refractivity contribution in [3.05, 3.63) is 87.7 Å². The molecule has 35 heavy (non-hydrogen) atoms. The first kappa shape index (κ1) is 21.1. The smallest absolute Gasteiger partial charge is 0.263 e. The fourth-order valence-electron chi connectivity index (χ4n) is 4.56. The van der Waals surface area contributed by atoms with E-state index in [9.17, 15) is 4.79 Å². The van der Waals surface area contributed by atoms with E-state index in [4.69, 9.17) is 10.8 Å². The second kappa shape index (κ2) is 8.10. The first-order chi connectivity index (χ1) is 17.0. The van der Waals surface area contributed by atoms with Crippen molar-refractivity contribution in [2.45, 2.75) is 33.2 Å². The first-order valence-corrected chi connectivity index (χ1v) is 11.7. The minimum absolute atomic E-state index is 0.0516. The number of hydrogen-bond donors (Lipinski definition) is 1. The number of rotatable bonds is 3. The van der Waals surface area contributed by atoms with Crippen molar-refractivity contribution < 1.29 is 0 Å². The number of para-hydroxylation sites is 1. The molecule has 3 aromatic heterocycles. The molecule has 0 bridgehead atoms. The lowest BCUT2D eigenvalue weighted by molar-refractivity contribution is 0.667. The average Bonchev–Trinajstić information content (AvgIpc) is 3.60. The van der Waals surface area contributed by atoms with Crippen LogP contribution in [0.1, 0.15) is 35.4 Å². The summed E-state index contributed by atoms with van der Waals surface area (Å²) in [7, 11) is 0. The van der Waals surface area contributed by atoms with Gasteiger partial charge >= 0.3 is 0 Å². The molecule has 1 aliphatic carbocycles. The molecule has 2 aromatic carbocycles. The van der Waals surface area contributed by atoms with Crippen LogP contribution in [-0.2, 0) is 6.54 Å². The zero-order valence-corrected chi connectivity index (χ0v) is 19.6. The standard InChI is InChI=1S/C28H24N6O/c1-17-6-3-4-9-23(17)34-21(14-20-8-5-7-18(2)24(20)28(34)35)15-33-27-25(26(29)30-16-31-27)22(32-33)13-12-19-10-11-19/h3-9,14,16,19H,10-11,15H2,1-2H3,(H2,29,30,31). The number of aromatic nitrogens is 5. The largest absolute Gasteiger partial charge is 0.383 e. The van der Waals surface area contributed by atoms with Crippen LogP contribution in [0.5, 0.6) is 0 Å². The highest BCUT2D eigenvalue weighted by molar-refractivity contribution is 5.90. The molecule has 0 radical (unpaired) electrons. The summed E-state index contributed by atoms with van der Waals surface area (Å²) in [6.45, 7) is 4.30. The van der Waals surface area contributed by atoms with Crippen LogP contribution in [0.15, 0.2) is 59.7 Å². The number of anilines is 1. The van der Waals surface area contributed by atoms with Gasteiger partial charge in [-0.1, -0.05) is 42.3 Å². The van der Waals surface area contributed by atoms with Crippen LogP contribution in [0.3, 0.4) is 0 Å². The Labute approximate surface area is 202 Å². The summed E-state index contributed by atoms with van der Waals surface area (Å²) < 4.78 is 3.56. The Kier molecular flexibility index (Phi) is 4.89. The normalized spacial score (nSPS) is 13.2. The number of aryl methyl sites for hydroxylation is 2. The summed E-state index contributed by atoms with van der Waals surface area (Å²) in [5, 5.41) is 7.04. The van der Waals surface area contributed by atoms with Gasteiger partial charge in [0.05, 0.1) is 23.0 Å². The molecule has 1 saturated carbocycles. The van der Waals surface area contributed by atoms with Crippen molar-refractivity contribution in [3.8, 4) is 17.5 Å². The molecule has 6 rings (SSSR count). The van der Waals surface area contributed by atoms with E-state index in [0.29, 0.717) is 40.4 Å². The SMILES string of the molecule is Cc1ccccc1-n1c(Cn2nc(C#CC3CC3)c3c(N)ncnc32)cc2cccc(C)c2c1=O. The number of nitrogen functional groups attached to an aromatic ring is 1. The Hall–Kier alpha value is -4.44. The number of fused-ring (bicyclic) bond motifs is 2.